The molecule has 3 heterocycles. The van der Waals surface area contributed by atoms with Gasteiger partial charge in [-0.15, -0.1) is 0 Å². The van der Waals surface area contributed by atoms with Gasteiger partial charge >= 0.3 is 6.09 Å². The second-order valence-corrected chi connectivity index (χ2v) is 9.84. The first-order chi connectivity index (χ1) is 16.8. The van der Waals surface area contributed by atoms with E-state index in [-0.39, 0.29) is 35.9 Å². The maximum absolute atomic E-state index is 14.3. The molecule has 184 valence electrons. The predicted octanol–water partition coefficient (Wildman–Crippen LogP) is 3.30. The maximum Gasteiger partial charge on any atom is 0.408 e. The third kappa shape index (κ3) is 4.68. The summed E-state index contributed by atoms with van der Waals surface area (Å²) in [6.45, 7) is 5.59. The van der Waals surface area contributed by atoms with E-state index >= 15 is 0 Å². The quantitative estimate of drug-likeness (QED) is 0.624. The summed E-state index contributed by atoms with van der Waals surface area (Å²) in [6, 6.07) is 8.91. The number of nitrogens with one attached hydrogen (secondary N) is 1. The Morgan fingerprint density at radius 3 is 2.46 bits per heavy atom. The highest BCUT2D eigenvalue weighted by molar-refractivity contribution is 6.30. The number of carbonyl (C=O) groups is 2. The molecule has 2 N–H and O–H groups in total. The lowest BCUT2D eigenvalue weighted by Gasteiger charge is -2.47. The number of halogens is 1. The Kier molecular flexibility index (Phi) is 7.24. The Morgan fingerprint density at radius 1 is 1.23 bits per heavy atom. The number of Topliss-reactive ketones (excluding diaryl/α,β-unsaturated/α-hetero) is 1. The zero-order chi connectivity index (χ0) is 25.2. The average molecular weight is 497 g/mol. The Bertz CT molecular complexity index is 1110. The van der Waals surface area contributed by atoms with Crippen LogP contribution in [0.1, 0.15) is 43.9 Å². The fourth-order valence-corrected chi connectivity index (χ4v) is 5.66. The molecule has 2 aliphatic heterocycles. The van der Waals surface area contributed by atoms with Crippen molar-refractivity contribution in [3.63, 3.8) is 0 Å². The number of piperidine rings is 1. The number of nitrogens with zero attached hydrogens (tertiary/aromatic N) is 5. The molecule has 2 fully saturated rings. The number of hydrogen-bond acceptors (Lipinski definition) is 7. The monoisotopic (exact) mass is 496 g/mol. The van der Waals surface area contributed by atoms with Crippen LogP contribution in [-0.4, -0.2) is 69.6 Å². The van der Waals surface area contributed by atoms with Crippen molar-refractivity contribution in [3.05, 3.63) is 52.9 Å². The predicted molar refractivity (Wildman–Crippen MR) is 131 cm³/mol. The standard InChI is InChI=1S/C25H29ClN6O3/c1-16(2)32(24(34)35)25(15-28-13-21(25)17-3-5-19(26)6-4-17)23(33)18-7-9-31(10-8-18)22-14-29-20(11-27)12-30-22/h3-6,12,14,16,18,21,28H,7-10,13,15H2,1-2H3,(H,34,35)/t21-,25+/m0/s1. The highest BCUT2D eigenvalue weighted by Gasteiger charge is 2.57. The Labute approximate surface area is 209 Å². The molecule has 4 rings (SSSR count). The number of carboxylic acid groups (broad SMARTS) is 1. The molecular weight excluding hydrogens is 468 g/mol. The van der Waals surface area contributed by atoms with Crippen molar-refractivity contribution in [1.82, 2.24) is 20.2 Å². The van der Waals surface area contributed by atoms with Gasteiger partial charge in [-0.25, -0.2) is 14.8 Å². The fraction of sp³-hybridized carbons (Fsp3) is 0.480. The minimum atomic E-state index is -1.21. The van der Waals surface area contributed by atoms with Crippen LogP contribution in [0.4, 0.5) is 10.6 Å². The van der Waals surface area contributed by atoms with Gasteiger partial charge in [0, 0.05) is 49.1 Å². The Balaban J connectivity index is 1.63. The first-order valence-corrected chi connectivity index (χ1v) is 12.2. The fourth-order valence-electron chi connectivity index (χ4n) is 5.54. The van der Waals surface area contributed by atoms with Crippen molar-refractivity contribution in [3.8, 4) is 6.07 Å². The molecule has 10 heteroatoms. The second kappa shape index (κ2) is 10.2. The lowest BCUT2D eigenvalue weighted by molar-refractivity contribution is -0.136. The first kappa shape index (κ1) is 24.9. The zero-order valence-corrected chi connectivity index (χ0v) is 20.6. The summed E-state index contributed by atoms with van der Waals surface area (Å²) in [5.41, 5.74) is -0.0651. The molecular formula is C25H29ClN6O3. The summed E-state index contributed by atoms with van der Waals surface area (Å²) in [4.78, 5) is 38.6. The molecule has 35 heavy (non-hydrogen) atoms. The number of hydrogen-bond donors (Lipinski definition) is 2. The van der Waals surface area contributed by atoms with E-state index in [0.717, 1.165) is 5.56 Å². The molecule has 2 aromatic rings. The summed E-state index contributed by atoms with van der Waals surface area (Å²) < 4.78 is 0. The molecule has 0 unspecified atom stereocenters. The summed E-state index contributed by atoms with van der Waals surface area (Å²) in [5, 5.41) is 23.1. The van der Waals surface area contributed by atoms with Crippen molar-refractivity contribution in [2.45, 2.75) is 44.2 Å². The molecule has 0 bridgehead atoms. The van der Waals surface area contributed by atoms with E-state index in [2.05, 4.69) is 15.3 Å². The van der Waals surface area contributed by atoms with Crippen molar-refractivity contribution in [2.75, 3.05) is 31.1 Å². The number of rotatable bonds is 6. The number of carbonyl (C=O) groups excluding carboxylic acids is 1. The number of anilines is 1. The first-order valence-electron chi connectivity index (χ1n) is 11.8. The van der Waals surface area contributed by atoms with Crippen LogP contribution >= 0.6 is 11.6 Å². The molecule has 2 saturated heterocycles. The second-order valence-electron chi connectivity index (χ2n) is 9.40. The Hall–Kier alpha value is -3.22. The molecule has 0 saturated carbocycles. The summed E-state index contributed by atoms with van der Waals surface area (Å²) in [7, 11) is 0. The van der Waals surface area contributed by atoms with E-state index < -0.39 is 11.6 Å². The molecule has 0 spiro atoms. The van der Waals surface area contributed by atoms with Crippen molar-refractivity contribution < 1.29 is 14.7 Å². The Morgan fingerprint density at radius 2 is 1.91 bits per heavy atom. The largest absolute Gasteiger partial charge is 0.465 e. The van der Waals surface area contributed by atoms with Crippen LogP contribution in [0, 0.1) is 17.2 Å². The van der Waals surface area contributed by atoms with Crippen LogP contribution in [0.3, 0.4) is 0 Å². The highest BCUT2D eigenvalue weighted by atomic mass is 35.5. The van der Waals surface area contributed by atoms with Crippen LogP contribution in [0.25, 0.3) is 0 Å². The SMILES string of the molecule is CC(C)N(C(=O)O)[C@]1(C(=O)C2CCN(c3cnc(C#N)cn3)CC2)CNC[C@H]1c1ccc(Cl)cc1. The van der Waals surface area contributed by atoms with E-state index in [0.29, 0.717) is 43.3 Å². The van der Waals surface area contributed by atoms with Crippen LogP contribution in [0.15, 0.2) is 36.7 Å². The lowest BCUT2D eigenvalue weighted by Crippen LogP contribution is -2.65. The number of amides is 1. The van der Waals surface area contributed by atoms with E-state index in [4.69, 9.17) is 16.9 Å². The molecule has 9 nitrogen and oxygen atoms in total. The number of ketones is 1. The van der Waals surface area contributed by atoms with Crippen LogP contribution in [0.5, 0.6) is 0 Å². The minimum absolute atomic E-state index is 0.0379. The van der Waals surface area contributed by atoms with Crippen LogP contribution in [-0.2, 0) is 4.79 Å². The van der Waals surface area contributed by atoms with E-state index in [9.17, 15) is 14.7 Å². The van der Waals surface area contributed by atoms with Gasteiger partial charge in [0.05, 0.1) is 12.4 Å². The van der Waals surface area contributed by atoms with Crippen LogP contribution < -0.4 is 10.2 Å². The van der Waals surface area contributed by atoms with Gasteiger partial charge < -0.3 is 15.3 Å². The lowest BCUT2D eigenvalue weighted by atomic mass is 9.71. The molecule has 2 atom stereocenters. The third-order valence-electron chi connectivity index (χ3n) is 7.11. The molecule has 0 radical (unpaired) electrons. The normalized spacial score (nSPS) is 22.7. The van der Waals surface area contributed by atoms with Gasteiger partial charge in [0.2, 0.25) is 0 Å². The topological polar surface area (TPSA) is 122 Å². The minimum Gasteiger partial charge on any atom is -0.465 e. The number of aromatic nitrogens is 2. The summed E-state index contributed by atoms with van der Waals surface area (Å²) in [5.74, 6) is 0.0192. The molecule has 2 aliphatic rings. The maximum atomic E-state index is 14.3. The number of benzene rings is 1. The molecule has 1 aromatic heterocycles. The molecule has 0 aliphatic carbocycles. The third-order valence-corrected chi connectivity index (χ3v) is 7.37. The van der Waals surface area contributed by atoms with Gasteiger partial charge in [0.15, 0.2) is 11.5 Å². The number of nitriles is 1. The zero-order valence-electron chi connectivity index (χ0n) is 19.8. The van der Waals surface area contributed by atoms with E-state index in [1.165, 1.54) is 11.1 Å². The van der Waals surface area contributed by atoms with Gasteiger partial charge in [-0.1, -0.05) is 23.7 Å². The average Bonchev–Trinajstić information content (AvgIpc) is 3.29. The summed E-state index contributed by atoms with van der Waals surface area (Å²) >= 11 is 6.10. The smallest absolute Gasteiger partial charge is 0.408 e. The highest BCUT2D eigenvalue weighted by Crippen LogP contribution is 2.42. The molecule has 1 aromatic carbocycles. The van der Waals surface area contributed by atoms with E-state index in [1.807, 2.05) is 36.9 Å². The van der Waals surface area contributed by atoms with Gasteiger partial charge in [0.1, 0.15) is 17.4 Å². The summed E-state index contributed by atoms with van der Waals surface area (Å²) in [6.07, 6.45) is 3.09. The molecule has 1 amide bonds. The van der Waals surface area contributed by atoms with E-state index in [1.54, 1.807) is 18.3 Å². The van der Waals surface area contributed by atoms with Crippen molar-refractivity contribution in [2.24, 2.45) is 5.92 Å². The van der Waals surface area contributed by atoms with Crippen molar-refractivity contribution in [1.29, 1.82) is 5.26 Å². The van der Waals surface area contributed by atoms with Gasteiger partial charge in [-0.2, -0.15) is 5.26 Å². The van der Waals surface area contributed by atoms with Gasteiger partial charge in [-0.05, 0) is 44.4 Å². The van der Waals surface area contributed by atoms with Crippen molar-refractivity contribution >= 4 is 29.3 Å². The van der Waals surface area contributed by atoms with Crippen LogP contribution in [0.2, 0.25) is 5.02 Å². The van der Waals surface area contributed by atoms with Gasteiger partial charge in [0.25, 0.3) is 0 Å². The van der Waals surface area contributed by atoms with Gasteiger partial charge in [-0.3, -0.25) is 9.69 Å².